The Hall–Kier alpha value is -0.570. The smallest absolute Gasteiger partial charge is 0.123 e. The van der Waals surface area contributed by atoms with E-state index in [1.807, 2.05) is 0 Å². The van der Waals surface area contributed by atoms with Crippen LogP contribution in [0.25, 0.3) is 0 Å². The molecule has 0 fully saturated rings. The molecule has 1 rings (SSSR count). The van der Waals surface area contributed by atoms with Crippen molar-refractivity contribution in [2.75, 3.05) is 7.11 Å². The molecule has 1 aromatic carbocycles. The third kappa shape index (κ3) is 2.71. The second-order valence-corrected chi connectivity index (χ2v) is 4.25. The van der Waals surface area contributed by atoms with E-state index in [1.54, 1.807) is 13.2 Å². The largest absolute Gasteiger partial charge is 0.496 e. The quantitative estimate of drug-likeness (QED) is 0.742. The van der Waals surface area contributed by atoms with Crippen molar-refractivity contribution in [3.05, 3.63) is 29.6 Å². The molecule has 1 atom stereocenters. The lowest BCUT2D eigenvalue weighted by Crippen LogP contribution is -1.96. The summed E-state index contributed by atoms with van der Waals surface area (Å²) in [5.74, 6) is 0.517. The summed E-state index contributed by atoms with van der Waals surface area (Å²) in [4.78, 5) is 0.165. The Morgan fingerprint density at radius 1 is 1.50 bits per heavy atom. The molecule has 0 saturated carbocycles. The molecular weight excluding hydrogens is 247 g/mol. The summed E-state index contributed by atoms with van der Waals surface area (Å²) in [5, 5.41) is 0. The van der Waals surface area contributed by atoms with Crippen LogP contribution in [0.5, 0.6) is 5.75 Å². The highest BCUT2D eigenvalue weighted by Gasteiger charge is 2.12. The van der Waals surface area contributed by atoms with Crippen LogP contribution in [0.1, 0.15) is 30.2 Å². The van der Waals surface area contributed by atoms with Crippen LogP contribution < -0.4 is 4.74 Å². The number of hydrogen-bond donors (Lipinski definition) is 0. The van der Waals surface area contributed by atoms with Gasteiger partial charge in [0.05, 0.1) is 7.11 Å². The maximum Gasteiger partial charge on any atom is 0.123 e. The van der Waals surface area contributed by atoms with Crippen molar-refractivity contribution in [2.24, 2.45) is 0 Å². The van der Waals surface area contributed by atoms with Gasteiger partial charge in [0.1, 0.15) is 11.6 Å². The summed E-state index contributed by atoms with van der Waals surface area (Å²) in [6.45, 7) is 2.10. The molecule has 0 heterocycles. The minimum Gasteiger partial charge on any atom is -0.496 e. The summed E-state index contributed by atoms with van der Waals surface area (Å²) in [6, 6.07) is 4.59. The highest BCUT2D eigenvalue weighted by molar-refractivity contribution is 9.09. The van der Waals surface area contributed by atoms with Crippen LogP contribution in [0.3, 0.4) is 0 Å². The predicted molar refractivity (Wildman–Crippen MR) is 59.5 cm³/mol. The Labute approximate surface area is 92.4 Å². The van der Waals surface area contributed by atoms with E-state index in [-0.39, 0.29) is 10.6 Å². The Morgan fingerprint density at radius 2 is 2.21 bits per heavy atom. The lowest BCUT2D eigenvalue weighted by Gasteiger charge is -2.13. The molecule has 0 radical (unpaired) electrons. The van der Waals surface area contributed by atoms with Crippen LogP contribution in [-0.4, -0.2) is 7.11 Å². The summed E-state index contributed by atoms with van der Waals surface area (Å²) in [6.07, 6.45) is 2.02. The van der Waals surface area contributed by atoms with Crippen molar-refractivity contribution < 1.29 is 9.13 Å². The van der Waals surface area contributed by atoms with E-state index in [0.717, 1.165) is 24.2 Å². The molecule has 3 heteroatoms. The number of halogens is 2. The van der Waals surface area contributed by atoms with E-state index in [4.69, 9.17) is 4.74 Å². The molecule has 1 unspecified atom stereocenters. The van der Waals surface area contributed by atoms with Gasteiger partial charge in [-0.3, -0.25) is 0 Å². The van der Waals surface area contributed by atoms with Crippen LogP contribution in [0, 0.1) is 5.82 Å². The van der Waals surface area contributed by atoms with Gasteiger partial charge in [0.25, 0.3) is 0 Å². The molecule has 0 aromatic heterocycles. The standard InChI is InChI=1S/C11H14BrFO/c1-3-4-10(12)9-7-8(13)5-6-11(9)14-2/h5-7,10H,3-4H2,1-2H3. The monoisotopic (exact) mass is 260 g/mol. The molecule has 0 aliphatic rings. The fourth-order valence-electron chi connectivity index (χ4n) is 1.36. The van der Waals surface area contributed by atoms with Crippen molar-refractivity contribution in [3.63, 3.8) is 0 Å². The third-order valence-corrected chi connectivity index (χ3v) is 3.02. The zero-order valence-corrected chi connectivity index (χ0v) is 9.97. The van der Waals surface area contributed by atoms with Gasteiger partial charge in [-0.15, -0.1) is 0 Å². The molecule has 0 amide bonds. The van der Waals surface area contributed by atoms with Crippen LogP contribution in [0.15, 0.2) is 18.2 Å². The van der Waals surface area contributed by atoms with Gasteiger partial charge in [-0.1, -0.05) is 29.3 Å². The molecule has 0 saturated heterocycles. The van der Waals surface area contributed by atoms with Gasteiger partial charge in [0.2, 0.25) is 0 Å². The van der Waals surface area contributed by atoms with Gasteiger partial charge >= 0.3 is 0 Å². The number of ether oxygens (including phenoxy) is 1. The summed E-state index contributed by atoms with van der Waals surface area (Å²) >= 11 is 3.53. The van der Waals surface area contributed by atoms with Gasteiger partial charge in [0.15, 0.2) is 0 Å². The Balaban J connectivity index is 2.97. The second-order valence-electron chi connectivity index (χ2n) is 3.14. The maximum absolute atomic E-state index is 13.0. The number of alkyl halides is 1. The highest BCUT2D eigenvalue weighted by Crippen LogP contribution is 2.34. The first-order valence-corrected chi connectivity index (χ1v) is 5.58. The van der Waals surface area contributed by atoms with Crippen LogP contribution >= 0.6 is 15.9 Å². The van der Waals surface area contributed by atoms with E-state index in [0.29, 0.717) is 0 Å². The first kappa shape index (κ1) is 11.5. The fraction of sp³-hybridized carbons (Fsp3) is 0.455. The molecular formula is C11H14BrFO. The predicted octanol–water partition coefficient (Wildman–Crippen LogP) is 4.07. The fourth-order valence-corrected chi connectivity index (χ4v) is 2.17. The van der Waals surface area contributed by atoms with Crippen LogP contribution in [0.2, 0.25) is 0 Å². The number of benzene rings is 1. The van der Waals surface area contributed by atoms with E-state index >= 15 is 0 Å². The summed E-state index contributed by atoms with van der Waals surface area (Å²) in [5.41, 5.74) is 0.884. The minimum atomic E-state index is -0.221. The topological polar surface area (TPSA) is 9.23 Å². The average molecular weight is 261 g/mol. The zero-order valence-electron chi connectivity index (χ0n) is 8.39. The number of hydrogen-bond acceptors (Lipinski definition) is 1. The van der Waals surface area contributed by atoms with Gasteiger partial charge in [0, 0.05) is 10.4 Å². The summed E-state index contributed by atoms with van der Waals surface area (Å²) in [7, 11) is 1.60. The van der Waals surface area contributed by atoms with E-state index in [9.17, 15) is 4.39 Å². The zero-order chi connectivity index (χ0) is 10.6. The molecule has 0 aliphatic heterocycles. The first-order chi connectivity index (χ1) is 6.69. The average Bonchev–Trinajstić information content (AvgIpc) is 2.18. The number of methoxy groups -OCH3 is 1. The van der Waals surface area contributed by atoms with E-state index < -0.39 is 0 Å². The van der Waals surface area contributed by atoms with Crippen molar-refractivity contribution in [3.8, 4) is 5.75 Å². The van der Waals surface area contributed by atoms with Gasteiger partial charge in [-0.25, -0.2) is 4.39 Å². The Morgan fingerprint density at radius 3 is 2.79 bits per heavy atom. The molecule has 14 heavy (non-hydrogen) atoms. The van der Waals surface area contributed by atoms with Crippen molar-refractivity contribution >= 4 is 15.9 Å². The van der Waals surface area contributed by atoms with Gasteiger partial charge < -0.3 is 4.74 Å². The van der Waals surface area contributed by atoms with E-state index in [2.05, 4.69) is 22.9 Å². The van der Waals surface area contributed by atoms with Gasteiger partial charge in [-0.2, -0.15) is 0 Å². The van der Waals surface area contributed by atoms with E-state index in [1.165, 1.54) is 12.1 Å². The molecule has 1 aromatic rings. The van der Waals surface area contributed by atoms with Crippen LogP contribution in [-0.2, 0) is 0 Å². The van der Waals surface area contributed by atoms with Crippen molar-refractivity contribution in [2.45, 2.75) is 24.6 Å². The first-order valence-electron chi connectivity index (χ1n) is 4.66. The molecule has 0 spiro atoms. The molecule has 0 bridgehead atoms. The molecule has 78 valence electrons. The third-order valence-electron chi connectivity index (χ3n) is 2.07. The lowest BCUT2D eigenvalue weighted by molar-refractivity contribution is 0.407. The summed E-state index contributed by atoms with van der Waals surface area (Å²) < 4.78 is 18.2. The highest BCUT2D eigenvalue weighted by atomic mass is 79.9. The van der Waals surface area contributed by atoms with Crippen molar-refractivity contribution in [1.82, 2.24) is 0 Å². The van der Waals surface area contributed by atoms with Gasteiger partial charge in [-0.05, 0) is 24.6 Å². The lowest BCUT2D eigenvalue weighted by atomic mass is 10.1. The van der Waals surface area contributed by atoms with Crippen LogP contribution in [0.4, 0.5) is 4.39 Å². The molecule has 0 aliphatic carbocycles. The maximum atomic E-state index is 13.0. The number of rotatable bonds is 4. The second kappa shape index (κ2) is 5.35. The normalized spacial score (nSPS) is 12.6. The Bertz CT molecular complexity index is 301. The van der Waals surface area contributed by atoms with Crippen molar-refractivity contribution in [1.29, 1.82) is 0 Å². The minimum absolute atomic E-state index is 0.165. The molecule has 0 N–H and O–H groups in total. The Kier molecular flexibility index (Phi) is 4.39. The SMILES string of the molecule is CCCC(Br)c1cc(F)ccc1OC. The molecule has 1 nitrogen and oxygen atoms in total.